The van der Waals surface area contributed by atoms with E-state index < -0.39 is 0 Å². The van der Waals surface area contributed by atoms with Crippen LogP contribution in [0.25, 0.3) is 10.2 Å². The highest BCUT2D eigenvalue weighted by molar-refractivity contribution is 7.18. The molecule has 0 radical (unpaired) electrons. The summed E-state index contributed by atoms with van der Waals surface area (Å²) in [4.78, 5) is 12.0. The highest BCUT2D eigenvalue weighted by Gasteiger charge is 2.12. The van der Waals surface area contributed by atoms with Crippen LogP contribution < -0.4 is 5.32 Å². The number of benzene rings is 1. The number of fused-ring (bicyclic) bond motifs is 1. The summed E-state index contributed by atoms with van der Waals surface area (Å²) in [6.07, 6.45) is 1.80. The number of nitrogens with zero attached hydrogens (tertiary/aromatic N) is 2. The average Bonchev–Trinajstić information content (AvgIpc) is 2.91. The molecule has 4 heteroatoms. The quantitative estimate of drug-likeness (QED) is 0.744. The molecule has 0 fully saturated rings. The van der Waals surface area contributed by atoms with Crippen LogP contribution in [-0.2, 0) is 12.8 Å². The SMILES string of the molecule is CCc1cc2c(NC(C)C)nc(Cc3ccccc3)nc2s1. The van der Waals surface area contributed by atoms with Crippen LogP contribution >= 0.6 is 11.3 Å². The first kappa shape index (κ1) is 15.0. The first-order valence-electron chi connectivity index (χ1n) is 7.75. The summed E-state index contributed by atoms with van der Waals surface area (Å²) in [5.74, 6) is 1.84. The van der Waals surface area contributed by atoms with Gasteiger partial charge in [0.2, 0.25) is 0 Å². The summed E-state index contributed by atoms with van der Waals surface area (Å²) in [7, 11) is 0. The molecule has 114 valence electrons. The fraction of sp³-hybridized carbons (Fsp3) is 0.333. The van der Waals surface area contributed by atoms with E-state index >= 15 is 0 Å². The first-order valence-corrected chi connectivity index (χ1v) is 8.57. The van der Waals surface area contributed by atoms with E-state index in [1.807, 2.05) is 6.07 Å². The van der Waals surface area contributed by atoms with Crippen LogP contribution in [0.1, 0.15) is 37.0 Å². The van der Waals surface area contributed by atoms with Crippen LogP contribution in [-0.4, -0.2) is 16.0 Å². The van der Waals surface area contributed by atoms with Gasteiger partial charge in [0.25, 0.3) is 0 Å². The fourth-order valence-electron chi connectivity index (χ4n) is 2.43. The van der Waals surface area contributed by atoms with Crippen molar-refractivity contribution in [2.45, 2.75) is 39.7 Å². The number of aromatic nitrogens is 2. The van der Waals surface area contributed by atoms with Crippen LogP contribution in [0.4, 0.5) is 5.82 Å². The first-order chi connectivity index (χ1) is 10.7. The molecule has 0 saturated heterocycles. The van der Waals surface area contributed by atoms with Crippen molar-refractivity contribution in [1.82, 2.24) is 9.97 Å². The maximum Gasteiger partial charge on any atom is 0.138 e. The van der Waals surface area contributed by atoms with E-state index in [-0.39, 0.29) is 0 Å². The molecule has 22 heavy (non-hydrogen) atoms. The standard InChI is InChI=1S/C18H21N3S/c1-4-14-11-15-17(19-12(2)3)20-16(21-18(15)22-14)10-13-8-6-5-7-9-13/h5-9,11-12H,4,10H2,1-3H3,(H,19,20,21). The Kier molecular flexibility index (Phi) is 4.39. The number of rotatable bonds is 5. The number of aryl methyl sites for hydroxylation is 1. The summed E-state index contributed by atoms with van der Waals surface area (Å²) in [5, 5.41) is 4.61. The highest BCUT2D eigenvalue weighted by atomic mass is 32.1. The lowest BCUT2D eigenvalue weighted by Gasteiger charge is -2.11. The van der Waals surface area contributed by atoms with E-state index in [4.69, 9.17) is 9.97 Å². The third kappa shape index (κ3) is 3.28. The largest absolute Gasteiger partial charge is 0.367 e. The fourth-order valence-corrected chi connectivity index (χ4v) is 3.42. The summed E-state index contributed by atoms with van der Waals surface area (Å²) < 4.78 is 0. The molecule has 3 nitrogen and oxygen atoms in total. The Labute approximate surface area is 135 Å². The van der Waals surface area contributed by atoms with Crippen molar-refractivity contribution >= 4 is 27.4 Å². The minimum Gasteiger partial charge on any atom is -0.367 e. The molecular formula is C18H21N3S. The molecule has 0 unspecified atom stereocenters. The number of hydrogen-bond acceptors (Lipinski definition) is 4. The zero-order valence-corrected chi connectivity index (χ0v) is 14.1. The zero-order chi connectivity index (χ0) is 15.5. The van der Waals surface area contributed by atoms with Crippen molar-refractivity contribution < 1.29 is 0 Å². The zero-order valence-electron chi connectivity index (χ0n) is 13.3. The van der Waals surface area contributed by atoms with Gasteiger partial charge in [0.1, 0.15) is 16.5 Å². The second-order valence-electron chi connectivity index (χ2n) is 5.73. The molecule has 0 aliphatic rings. The van der Waals surface area contributed by atoms with Gasteiger partial charge in [-0.3, -0.25) is 0 Å². The Balaban J connectivity index is 2.03. The molecule has 0 amide bonds. The number of thiophene rings is 1. The van der Waals surface area contributed by atoms with E-state index in [1.165, 1.54) is 10.4 Å². The molecule has 1 N–H and O–H groups in total. The summed E-state index contributed by atoms with van der Waals surface area (Å²) in [6.45, 7) is 6.45. The molecule has 0 bridgehead atoms. The summed E-state index contributed by atoms with van der Waals surface area (Å²) in [5.41, 5.74) is 1.24. The van der Waals surface area contributed by atoms with E-state index in [0.717, 1.165) is 34.7 Å². The maximum absolute atomic E-state index is 4.77. The molecule has 0 spiro atoms. The number of anilines is 1. The molecular weight excluding hydrogens is 290 g/mol. The molecule has 1 aromatic carbocycles. The van der Waals surface area contributed by atoms with Gasteiger partial charge in [0, 0.05) is 17.3 Å². The topological polar surface area (TPSA) is 37.8 Å². The van der Waals surface area contributed by atoms with E-state index in [0.29, 0.717) is 6.04 Å². The molecule has 3 rings (SSSR count). The van der Waals surface area contributed by atoms with Crippen LogP contribution in [0, 0.1) is 0 Å². The van der Waals surface area contributed by atoms with Crippen LogP contribution in [0.15, 0.2) is 36.4 Å². The lowest BCUT2D eigenvalue weighted by molar-refractivity contribution is 0.881. The molecule has 0 aliphatic carbocycles. The van der Waals surface area contributed by atoms with Gasteiger partial charge in [-0.15, -0.1) is 11.3 Å². The van der Waals surface area contributed by atoms with Gasteiger partial charge in [-0.1, -0.05) is 37.3 Å². The number of nitrogens with one attached hydrogen (secondary N) is 1. The van der Waals surface area contributed by atoms with Crippen molar-refractivity contribution in [3.05, 3.63) is 52.7 Å². The van der Waals surface area contributed by atoms with E-state index in [2.05, 4.69) is 56.4 Å². The predicted molar refractivity (Wildman–Crippen MR) is 94.8 cm³/mol. The van der Waals surface area contributed by atoms with Crippen molar-refractivity contribution in [2.75, 3.05) is 5.32 Å². The van der Waals surface area contributed by atoms with E-state index in [9.17, 15) is 0 Å². The van der Waals surface area contributed by atoms with Gasteiger partial charge < -0.3 is 5.32 Å². The van der Waals surface area contributed by atoms with Gasteiger partial charge in [-0.05, 0) is 31.9 Å². The van der Waals surface area contributed by atoms with Crippen molar-refractivity contribution in [3.8, 4) is 0 Å². The lowest BCUT2D eigenvalue weighted by atomic mass is 10.1. The lowest BCUT2D eigenvalue weighted by Crippen LogP contribution is -2.12. The molecule has 2 aromatic heterocycles. The molecule has 0 saturated carbocycles. The molecule has 0 aliphatic heterocycles. The van der Waals surface area contributed by atoms with Crippen molar-refractivity contribution in [3.63, 3.8) is 0 Å². The minimum absolute atomic E-state index is 0.354. The third-order valence-electron chi connectivity index (χ3n) is 3.47. The van der Waals surface area contributed by atoms with Crippen LogP contribution in [0.3, 0.4) is 0 Å². The Morgan fingerprint density at radius 3 is 2.59 bits per heavy atom. The summed E-state index contributed by atoms with van der Waals surface area (Å²) >= 11 is 1.77. The van der Waals surface area contributed by atoms with Gasteiger partial charge in [0.05, 0.1) is 5.39 Å². The highest BCUT2D eigenvalue weighted by Crippen LogP contribution is 2.30. The molecule has 3 aromatic rings. The van der Waals surface area contributed by atoms with Crippen LogP contribution in [0.2, 0.25) is 0 Å². The van der Waals surface area contributed by atoms with Gasteiger partial charge in [-0.2, -0.15) is 0 Å². The smallest absolute Gasteiger partial charge is 0.138 e. The molecule has 0 atom stereocenters. The Morgan fingerprint density at radius 2 is 1.91 bits per heavy atom. The summed E-state index contributed by atoms with van der Waals surface area (Å²) in [6, 6.07) is 13.0. The second-order valence-corrected chi connectivity index (χ2v) is 6.85. The van der Waals surface area contributed by atoms with Crippen molar-refractivity contribution in [1.29, 1.82) is 0 Å². The normalized spacial score (nSPS) is 11.3. The molecule has 2 heterocycles. The van der Waals surface area contributed by atoms with Gasteiger partial charge >= 0.3 is 0 Å². The third-order valence-corrected chi connectivity index (χ3v) is 4.64. The van der Waals surface area contributed by atoms with Gasteiger partial charge in [0.15, 0.2) is 0 Å². The monoisotopic (exact) mass is 311 g/mol. The Hall–Kier alpha value is -1.94. The Bertz CT molecular complexity index is 763. The van der Waals surface area contributed by atoms with Gasteiger partial charge in [-0.25, -0.2) is 9.97 Å². The maximum atomic E-state index is 4.77. The Morgan fingerprint density at radius 1 is 1.14 bits per heavy atom. The number of hydrogen-bond donors (Lipinski definition) is 1. The van der Waals surface area contributed by atoms with Crippen LogP contribution in [0.5, 0.6) is 0 Å². The average molecular weight is 311 g/mol. The second kappa shape index (κ2) is 6.44. The van der Waals surface area contributed by atoms with Crippen molar-refractivity contribution in [2.24, 2.45) is 0 Å². The minimum atomic E-state index is 0.354. The van der Waals surface area contributed by atoms with E-state index in [1.54, 1.807) is 11.3 Å². The predicted octanol–water partition coefficient (Wildman–Crippen LogP) is 4.66.